The van der Waals surface area contributed by atoms with Gasteiger partial charge in [-0.15, -0.1) is 11.3 Å². The number of hydrogen-bond donors (Lipinski definition) is 2. The van der Waals surface area contributed by atoms with Crippen LogP contribution in [0.5, 0.6) is 0 Å². The number of thiazole rings is 1. The van der Waals surface area contributed by atoms with Crippen molar-refractivity contribution in [1.29, 1.82) is 0 Å². The molecule has 2 unspecified atom stereocenters. The number of likely N-dealkylation sites (tertiary alicyclic amines) is 1. The maximum atomic E-state index is 12.7. The molecule has 2 amide bonds. The first-order valence-electron chi connectivity index (χ1n) is 9.74. The second kappa shape index (κ2) is 9.30. The fourth-order valence-corrected chi connectivity index (χ4v) is 4.29. The Morgan fingerprint density at radius 3 is 2.71 bits per heavy atom. The van der Waals surface area contributed by atoms with E-state index in [1.54, 1.807) is 0 Å². The molecule has 1 aromatic heterocycles. The molecule has 3 rings (SSSR count). The minimum absolute atomic E-state index is 0.0243. The number of rotatable bonds is 6. The summed E-state index contributed by atoms with van der Waals surface area (Å²) in [4.78, 5) is 32.6. The summed E-state index contributed by atoms with van der Waals surface area (Å²) in [6.07, 6.45) is 1.77. The minimum Gasteiger partial charge on any atom is -0.349 e. The third-order valence-corrected chi connectivity index (χ3v) is 6.17. The van der Waals surface area contributed by atoms with Gasteiger partial charge in [0.2, 0.25) is 11.8 Å². The van der Waals surface area contributed by atoms with Gasteiger partial charge in [0, 0.05) is 11.4 Å². The third-order valence-electron chi connectivity index (χ3n) is 5.18. The summed E-state index contributed by atoms with van der Waals surface area (Å²) in [7, 11) is 0. The predicted molar refractivity (Wildman–Crippen MR) is 112 cm³/mol. The van der Waals surface area contributed by atoms with E-state index >= 15 is 0 Å². The van der Waals surface area contributed by atoms with Crippen molar-refractivity contribution in [2.75, 3.05) is 25.0 Å². The number of anilines is 1. The first-order chi connectivity index (χ1) is 13.4. The Kier molecular flexibility index (Phi) is 6.80. The van der Waals surface area contributed by atoms with Gasteiger partial charge in [0.25, 0.3) is 0 Å². The molecule has 1 aliphatic heterocycles. The van der Waals surface area contributed by atoms with Gasteiger partial charge in [-0.25, -0.2) is 4.98 Å². The van der Waals surface area contributed by atoms with Crippen molar-refractivity contribution >= 4 is 28.3 Å². The predicted octanol–water partition coefficient (Wildman–Crippen LogP) is 3.29. The second-order valence-corrected chi connectivity index (χ2v) is 8.63. The number of aryl methyl sites for hydroxylation is 2. The maximum absolute atomic E-state index is 12.7. The Labute approximate surface area is 170 Å². The summed E-state index contributed by atoms with van der Waals surface area (Å²) in [5.74, 6) is -0.0999. The zero-order valence-electron chi connectivity index (χ0n) is 16.7. The van der Waals surface area contributed by atoms with E-state index in [4.69, 9.17) is 0 Å². The topological polar surface area (TPSA) is 74.3 Å². The average Bonchev–Trinajstić information content (AvgIpc) is 2.99. The molecule has 1 saturated heterocycles. The first kappa shape index (κ1) is 20.5. The molecule has 150 valence electrons. The van der Waals surface area contributed by atoms with E-state index in [0.29, 0.717) is 11.7 Å². The lowest BCUT2D eigenvalue weighted by atomic mass is 9.96. The smallest absolute Gasteiger partial charge is 0.240 e. The molecule has 2 heterocycles. The molecule has 1 fully saturated rings. The largest absolute Gasteiger partial charge is 0.349 e. The number of benzene rings is 1. The van der Waals surface area contributed by atoms with Crippen LogP contribution in [-0.2, 0) is 9.59 Å². The quantitative estimate of drug-likeness (QED) is 0.780. The lowest BCUT2D eigenvalue weighted by Crippen LogP contribution is -2.45. The fraction of sp³-hybridized carbons (Fsp3) is 0.476. The van der Waals surface area contributed by atoms with Gasteiger partial charge in [-0.1, -0.05) is 30.3 Å². The summed E-state index contributed by atoms with van der Waals surface area (Å²) in [5.41, 5.74) is 2.04. The van der Waals surface area contributed by atoms with Crippen LogP contribution in [0.4, 0.5) is 5.13 Å². The standard InChI is InChI=1S/C21H28N4O2S/c1-14-16(3)28-21(23-14)24-19(26)13-25-11-7-10-18(12-25)20(27)22-15(2)17-8-5-4-6-9-17/h4-6,8-9,15,18H,7,10-13H2,1-3H3,(H,22,27)(H,23,24,26). The normalized spacial score (nSPS) is 18.5. The van der Waals surface area contributed by atoms with Gasteiger partial charge in [0.05, 0.1) is 24.2 Å². The Morgan fingerprint density at radius 2 is 2.04 bits per heavy atom. The van der Waals surface area contributed by atoms with Crippen LogP contribution in [0.15, 0.2) is 30.3 Å². The van der Waals surface area contributed by atoms with Crippen LogP contribution in [0.3, 0.4) is 0 Å². The van der Waals surface area contributed by atoms with E-state index in [2.05, 4.69) is 20.5 Å². The Bertz CT molecular complexity index is 802. The van der Waals surface area contributed by atoms with Crippen LogP contribution >= 0.6 is 11.3 Å². The number of amides is 2. The van der Waals surface area contributed by atoms with Crippen LogP contribution in [0.2, 0.25) is 0 Å². The summed E-state index contributed by atoms with van der Waals surface area (Å²) in [6.45, 7) is 7.66. The molecular weight excluding hydrogens is 372 g/mol. The minimum atomic E-state index is -0.0861. The van der Waals surface area contributed by atoms with Gasteiger partial charge in [-0.3, -0.25) is 14.5 Å². The van der Waals surface area contributed by atoms with Crippen LogP contribution in [-0.4, -0.2) is 41.3 Å². The molecule has 0 aliphatic carbocycles. The number of piperidine rings is 1. The molecule has 6 nitrogen and oxygen atoms in total. The van der Waals surface area contributed by atoms with Gasteiger partial charge in [-0.05, 0) is 45.7 Å². The maximum Gasteiger partial charge on any atom is 0.240 e. The van der Waals surface area contributed by atoms with Gasteiger partial charge in [-0.2, -0.15) is 0 Å². The van der Waals surface area contributed by atoms with E-state index < -0.39 is 0 Å². The highest BCUT2D eigenvalue weighted by Gasteiger charge is 2.27. The Hall–Kier alpha value is -2.25. The zero-order chi connectivity index (χ0) is 20.1. The summed E-state index contributed by atoms with van der Waals surface area (Å²) < 4.78 is 0. The van der Waals surface area contributed by atoms with Gasteiger partial charge >= 0.3 is 0 Å². The lowest BCUT2D eigenvalue weighted by Gasteiger charge is -2.32. The highest BCUT2D eigenvalue weighted by Crippen LogP contribution is 2.22. The third kappa shape index (κ3) is 5.39. The molecule has 2 aromatic rings. The van der Waals surface area contributed by atoms with Crippen molar-refractivity contribution < 1.29 is 9.59 Å². The SMILES string of the molecule is Cc1nc(NC(=O)CN2CCCC(C(=O)NC(C)c3ccccc3)C2)sc1C. The number of carbonyl (C=O) groups excluding carboxylic acids is 2. The monoisotopic (exact) mass is 400 g/mol. The summed E-state index contributed by atoms with van der Waals surface area (Å²) >= 11 is 1.49. The highest BCUT2D eigenvalue weighted by molar-refractivity contribution is 7.15. The van der Waals surface area contributed by atoms with Crippen molar-refractivity contribution in [3.05, 3.63) is 46.5 Å². The van der Waals surface area contributed by atoms with Crippen LogP contribution in [0, 0.1) is 19.8 Å². The van der Waals surface area contributed by atoms with Crippen molar-refractivity contribution in [2.45, 2.75) is 39.7 Å². The van der Waals surface area contributed by atoms with Gasteiger partial charge < -0.3 is 10.6 Å². The molecule has 0 radical (unpaired) electrons. The lowest BCUT2D eigenvalue weighted by molar-refractivity contribution is -0.128. The van der Waals surface area contributed by atoms with E-state index in [9.17, 15) is 9.59 Å². The molecule has 0 saturated carbocycles. The molecule has 1 aromatic carbocycles. The number of carbonyl (C=O) groups is 2. The fourth-order valence-electron chi connectivity index (χ4n) is 3.46. The number of nitrogens with one attached hydrogen (secondary N) is 2. The van der Waals surface area contributed by atoms with E-state index in [0.717, 1.165) is 35.5 Å². The van der Waals surface area contributed by atoms with Crippen LogP contribution < -0.4 is 10.6 Å². The van der Waals surface area contributed by atoms with Crippen molar-refractivity contribution in [3.63, 3.8) is 0 Å². The zero-order valence-corrected chi connectivity index (χ0v) is 17.5. The molecular formula is C21H28N4O2S. The number of nitrogens with zero attached hydrogens (tertiary/aromatic N) is 2. The van der Waals surface area contributed by atoms with E-state index in [1.165, 1.54) is 11.3 Å². The van der Waals surface area contributed by atoms with Crippen molar-refractivity contribution in [1.82, 2.24) is 15.2 Å². The van der Waals surface area contributed by atoms with E-state index in [1.807, 2.05) is 51.1 Å². The Morgan fingerprint density at radius 1 is 1.29 bits per heavy atom. The molecule has 2 N–H and O–H groups in total. The molecule has 0 spiro atoms. The Balaban J connectivity index is 1.50. The summed E-state index contributed by atoms with van der Waals surface area (Å²) in [6, 6.07) is 9.93. The highest BCUT2D eigenvalue weighted by atomic mass is 32.1. The molecule has 7 heteroatoms. The average molecular weight is 401 g/mol. The van der Waals surface area contributed by atoms with Crippen LogP contribution in [0.25, 0.3) is 0 Å². The number of aromatic nitrogens is 1. The van der Waals surface area contributed by atoms with Crippen LogP contribution in [0.1, 0.15) is 41.9 Å². The van der Waals surface area contributed by atoms with Gasteiger partial charge in [0.1, 0.15) is 0 Å². The molecule has 28 heavy (non-hydrogen) atoms. The molecule has 2 atom stereocenters. The van der Waals surface area contributed by atoms with Gasteiger partial charge in [0.15, 0.2) is 5.13 Å². The first-order valence-corrected chi connectivity index (χ1v) is 10.6. The van der Waals surface area contributed by atoms with Crippen molar-refractivity contribution in [3.8, 4) is 0 Å². The van der Waals surface area contributed by atoms with E-state index in [-0.39, 0.29) is 30.3 Å². The van der Waals surface area contributed by atoms with Crippen molar-refractivity contribution in [2.24, 2.45) is 5.92 Å². The molecule has 1 aliphatic rings. The summed E-state index contributed by atoms with van der Waals surface area (Å²) in [5, 5.41) is 6.63. The number of hydrogen-bond acceptors (Lipinski definition) is 5. The molecule has 0 bridgehead atoms. The second-order valence-electron chi connectivity index (χ2n) is 7.42.